The minimum absolute atomic E-state index is 0.0251. The van der Waals surface area contributed by atoms with E-state index in [-0.39, 0.29) is 5.54 Å². The lowest BCUT2D eigenvalue weighted by atomic mass is 9.63. The smallest absolute Gasteiger partial charge is 0.103 e. The zero-order chi connectivity index (χ0) is 9.05. The molecule has 74 valence electrons. The van der Waals surface area contributed by atoms with E-state index in [1.165, 1.54) is 12.8 Å². The SMILES string of the molecule is N[C@@]12C[C@@H]3C[C@@H](C[C@@H](F)[C@@H](C3)C1)C2. The number of hydrogen-bond acceptors (Lipinski definition) is 1. The van der Waals surface area contributed by atoms with Crippen molar-refractivity contribution in [2.75, 3.05) is 0 Å². The van der Waals surface area contributed by atoms with Gasteiger partial charge in [-0.1, -0.05) is 0 Å². The molecule has 0 amide bonds. The van der Waals surface area contributed by atoms with E-state index in [2.05, 4.69) is 0 Å². The minimum Gasteiger partial charge on any atom is -0.325 e. The third-order valence-electron chi connectivity index (χ3n) is 4.43. The van der Waals surface area contributed by atoms with E-state index >= 15 is 0 Å². The third kappa shape index (κ3) is 1.22. The van der Waals surface area contributed by atoms with E-state index in [1.54, 1.807) is 0 Å². The predicted octanol–water partition coefficient (Wildman–Crippen LogP) is 2.25. The Kier molecular flexibility index (Phi) is 1.56. The molecule has 2 N–H and O–H groups in total. The topological polar surface area (TPSA) is 26.0 Å². The zero-order valence-electron chi connectivity index (χ0n) is 8.01. The summed E-state index contributed by atoms with van der Waals surface area (Å²) in [4.78, 5) is 0. The Hall–Kier alpha value is -0.110. The van der Waals surface area contributed by atoms with Gasteiger partial charge in [0.1, 0.15) is 6.17 Å². The van der Waals surface area contributed by atoms with Crippen LogP contribution in [0, 0.1) is 17.8 Å². The first-order valence-electron chi connectivity index (χ1n) is 5.58. The average Bonchev–Trinajstić information content (AvgIpc) is 2.12. The quantitative estimate of drug-likeness (QED) is 0.612. The standard InChI is InChI=1S/C11H18FN/c12-10-3-8-1-7-2-9(10)6-11(13,4-7)5-8/h7-10H,1-6,13H2/t7-,8+,9+,10-,11-/m1/s1. The van der Waals surface area contributed by atoms with E-state index in [9.17, 15) is 4.39 Å². The summed E-state index contributed by atoms with van der Waals surface area (Å²) in [5.41, 5.74) is 6.34. The highest BCUT2D eigenvalue weighted by molar-refractivity contribution is 5.04. The van der Waals surface area contributed by atoms with E-state index in [1.807, 2.05) is 0 Å². The molecule has 1 nitrogen and oxygen atoms in total. The maximum atomic E-state index is 13.7. The number of halogens is 1. The fourth-order valence-electron chi connectivity index (χ4n) is 4.22. The molecule has 0 aromatic carbocycles. The van der Waals surface area contributed by atoms with E-state index in [4.69, 9.17) is 5.73 Å². The molecule has 0 aliphatic heterocycles. The lowest BCUT2D eigenvalue weighted by Gasteiger charge is -2.45. The summed E-state index contributed by atoms with van der Waals surface area (Å²) in [6.45, 7) is 0. The minimum atomic E-state index is -0.541. The summed E-state index contributed by atoms with van der Waals surface area (Å²) in [6.07, 6.45) is 5.88. The molecule has 0 spiro atoms. The summed E-state index contributed by atoms with van der Waals surface area (Å²) in [6, 6.07) is 0. The number of rotatable bonds is 0. The lowest BCUT2D eigenvalue weighted by Crippen LogP contribution is -2.50. The Balaban J connectivity index is 1.95. The van der Waals surface area contributed by atoms with Crippen molar-refractivity contribution >= 4 is 0 Å². The first kappa shape index (κ1) is 8.22. The molecule has 0 radical (unpaired) electrons. The van der Waals surface area contributed by atoms with Gasteiger partial charge in [0.05, 0.1) is 0 Å². The van der Waals surface area contributed by atoms with Gasteiger partial charge in [-0.3, -0.25) is 0 Å². The molecule has 4 saturated carbocycles. The molecule has 0 aromatic heterocycles. The monoisotopic (exact) mass is 183 g/mol. The third-order valence-corrected chi connectivity index (χ3v) is 4.43. The maximum absolute atomic E-state index is 13.7. The second kappa shape index (κ2) is 2.47. The second-order valence-corrected chi connectivity index (χ2v) is 5.69. The first-order chi connectivity index (χ1) is 6.15. The van der Waals surface area contributed by atoms with Gasteiger partial charge in [-0.05, 0) is 56.3 Å². The molecule has 4 aliphatic rings. The van der Waals surface area contributed by atoms with Crippen molar-refractivity contribution in [3.8, 4) is 0 Å². The van der Waals surface area contributed by atoms with Gasteiger partial charge in [-0.2, -0.15) is 0 Å². The molecule has 5 atom stereocenters. The van der Waals surface area contributed by atoms with Gasteiger partial charge in [-0.15, -0.1) is 0 Å². The molecular formula is C11H18FN. The van der Waals surface area contributed by atoms with E-state index < -0.39 is 6.17 Å². The van der Waals surface area contributed by atoms with Crippen LogP contribution in [0.2, 0.25) is 0 Å². The van der Waals surface area contributed by atoms with Crippen LogP contribution in [0.15, 0.2) is 0 Å². The van der Waals surface area contributed by atoms with Crippen molar-refractivity contribution in [1.82, 2.24) is 0 Å². The average molecular weight is 183 g/mol. The molecule has 0 saturated heterocycles. The van der Waals surface area contributed by atoms with Crippen LogP contribution in [0.5, 0.6) is 0 Å². The molecule has 4 bridgehead atoms. The Morgan fingerprint density at radius 3 is 2.38 bits per heavy atom. The van der Waals surface area contributed by atoms with Crippen LogP contribution >= 0.6 is 0 Å². The number of alkyl halides is 1. The summed E-state index contributed by atoms with van der Waals surface area (Å²) in [5.74, 6) is 1.66. The summed E-state index contributed by atoms with van der Waals surface area (Å²) >= 11 is 0. The number of nitrogens with two attached hydrogens (primary N) is 1. The Labute approximate surface area is 78.9 Å². The Bertz CT molecular complexity index is 230. The number of fused-ring (bicyclic) bond motifs is 1. The van der Waals surface area contributed by atoms with Gasteiger partial charge >= 0.3 is 0 Å². The molecule has 2 heteroatoms. The van der Waals surface area contributed by atoms with Crippen LogP contribution in [0.1, 0.15) is 38.5 Å². The fourth-order valence-corrected chi connectivity index (χ4v) is 4.22. The van der Waals surface area contributed by atoms with Crippen molar-refractivity contribution < 1.29 is 4.39 Å². The van der Waals surface area contributed by atoms with Gasteiger partial charge in [-0.25, -0.2) is 4.39 Å². The zero-order valence-corrected chi connectivity index (χ0v) is 8.01. The molecule has 4 rings (SSSR count). The molecular weight excluding hydrogens is 165 g/mol. The maximum Gasteiger partial charge on any atom is 0.103 e. The van der Waals surface area contributed by atoms with Crippen LogP contribution in [0.4, 0.5) is 4.39 Å². The Morgan fingerprint density at radius 1 is 1.00 bits per heavy atom. The van der Waals surface area contributed by atoms with Crippen molar-refractivity contribution in [2.24, 2.45) is 23.5 Å². The molecule has 4 fully saturated rings. The summed E-state index contributed by atoms with van der Waals surface area (Å²) < 4.78 is 13.7. The summed E-state index contributed by atoms with van der Waals surface area (Å²) in [5, 5.41) is 0. The van der Waals surface area contributed by atoms with Crippen LogP contribution in [-0.2, 0) is 0 Å². The van der Waals surface area contributed by atoms with Crippen LogP contribution in [-0.4, -0.2) is 11.7 Å². The fraction of sp³-hybridized carbons (Fsp3) is 1.00. The van der Waals surface area contributed by atoms with Gasteiger partial charge < -0.3 is 5.73 Å². The highest BCUT2D eigenvalue weighted by Gasteiger charge is 2.49. The lowest BCUT2D eigenvalue weighted by molar-refractivity contribution is 0.0902. The van der Waals surface area contributed by atoms with Crippen LogP contribution < -0.4 is 5.73 Å². The van der Waals surface area contributed by atoms with Crippen LogP contribution in [0.3, 0.4) is 0 Å². The van der Waals surface area contributed by atoms with Crippen molar-refractivity contribution in [3.63, 3.8) is 0 Å². The van der Waals surface area contributed by atoms with Crippen molar-refractivity contribution in [3.05, 3.63) is 0 Å². The second-order valence-electron chi connectivity index (χ2n) is 5.69. The molecule has 0 aromatic rings. The van der Waals surface area contributed by atoms with Crippen molar-refractivity contribution in [2.45, 2.75) is 50.2 Å². The number of hydrogen-bond donors (Lipinski definition) is 1. The molecule has 4 aliphatic carbocycles. The highest BCUT2D eigenvalue weighted by atomic mass is 19.1. The Morgan fingerprint density at radius 2 is 1.69 bits per heavy atom. The largest absolute Gasteiger partial charge is 0.325 e. The van der Waals surface area contributed by atoms with Gasteiger partial charge in [0, 0.05) is 5.54 Å². The summed E-state index contributed by atoms with van der Waals surface area (Å²) in [7, 11) is 0. The molecule has 0 heterocycles. The predicted molar refractivity (Wildman–Crippen MR) is 50.0 cm³/mol. The molecule has 13 heavy (non-hydrogen) atoms. The van der Waals surface area contributed by atoms with E-state index in [0.29, 0.717) is 11.8 Å². The van der Waals surface area contributed by atoms with E-state index in [0.717, 1.165) is 31.6 Å². The van der Waals surface area contributed by atoms with Gasteiger partial charge in [0.15, 0.2) is 0 Å². The normalized spacial score (nSPS) is 59.5. The van der Waals surface area contributed by atoms with Gasteiger partial charge in [0.2, 0.25) is 0 Å². The first-order valence-corrected chi connectivity index (χ1v) is 5.58. The van der Waals surface area contributed by atoms with Crippen LogP contribution in [0.25, 0.3) is 0 Å². The molecule has 0 unspecified atom stereocenters. The van der Waals surface area contributed by atoms with Crippen molar-refractivity contribution in [1.29, 1.82) is 0 Å². The highest BCUT2D eigenvalue weighted by Crippen LogP contribution is 2.52. The van der Waals surface area contributed by atoms with Gasteiger partial charge in [0.25, 0.3) is 0 Å².